The standard InChI is InChI=1S/C12H24N2O3/c1-2-16-9-5-12(15)14-8-10-17-11-3-6-13-7-4-11/h11,13H,2-10H2,1H3,(H,14,15). The van der Waals surface area contributed by atoms with Gasteiger partial charge in [-0.3, -0.25) is 4.79 Å². The molecule has 17 heavy (non-hydrogen) atoms. The molecule has 0 unspecified atom stereocenters. The van der Waals surface area contributed by atoms with E-state index >= 15 is 0 Å². The van der Waals surface area contributed by atoms with Gasteiger partial charge in [0.25, 0.3) is 0 Å². The molecule has 0 aromatic rings. The smallest absolute Gasteiger partial charge is 0.222 e. The van der Waals surface area contributed by atoms with Gasteiger partial charge in [-0.15, -0.1) is 0 Å². The van der Waals surface area contributed by atoms with Crippen LogP contribution < -0.4 is 10.6 Å². The Balaban J connectivity index is 1.90. The molecule has 1 fully saturated rings. The first-order chi connectivity index (χ1) is 8.33. The van der Waals surface area contributed by atoms with Gasteiger partial charge in [-0.25, -0.2) is 0 Å². The average Bonchev–Trinajstić information content (AvgIpc) is 2.36. The van der Waals surface area contributed by atoms with Gasteiger partial charge < -0.3 is 20.1 Å². The maximum Gasteiger partial charge on any atom is 0.222 e. The van der Waals surface area contributed by atoms with Gasteiger partial charge in [0.15, 0.2) is 0 Å². The summed E-state index contributed by atoms with van der Waals surface area (Å²) in [5.41, 5.74) is 0. The summed E-state index contributed by atoms with van der Waals surface area (Å²) < 4.78 is 10.8. The molecule has 0 aromatic carbocycles. The van der Waals surface area contributed by atoms with Crippen molar-refractivity contribution in [2.24, 2.45) is 0 Å². The van der Waals surface area contributed by atoms with Gasteiger partial charge in [0.2, 0.25) is 5.91 Å². The van der Waals surface area contributed by atoms with Crippen LogP contribution in [0.15, 0.2) is 0 Å². The molecule has 1 heterocycles. The van der Waals surface area contributed by atoms with Crippen LogP contribution in [-0.4, -0.2) is 51.5 Å². The van der Waals surface area contributed by atoms with E-state index in [0.29, 0.717) is 38.9 Å². The van der Waals surface area contributed by atoms with Gasteiger partial charge in [0.1, 0.15) is 0 Å². The van der Waals surface area contributed by atoms with Crippen LogP contribution in [0.25, 0.3) is 0 Å². The lowest BCUT2D eigenvalue weighted by Crippen LogP contribution is -2.35. The summed E-state index contributed by atoms with van der Waals surface area (Å²) in [5.74, 6) is 0.0346. The number of ether oxygens (including phenoxy) is 2. The van der Waals surface area contributed by atoms with Gasteiger partial charge in [-0.1, -0.05) is 0 Å². The summed E-state index contributed by atoms with van der Waals surface area (Å²) in [4.78, 5) is 11.3. The molecule has 1 rings (SSSR count). The fraction of sp³-hybridized carbons (Fsp3) is 0.917. The Morgan fingerprint density at radius 2 is 2.12 bits per heavy atom. The van der Waals surface area contributed by atoms with E-state index in [4.69, 9.17) is 9.47 Å². The SMILES string of the molecule is CCOCCC(=O)NCCOC1CCNCC1. The largest absolute Gasteiger partial charge is 0.381 e. The fourth-order valence-corrected chi connectivity index (χ4v) is 1.78. The molecular formula is C12H24N2O3. The highest BCUT2D eigenvalue weighted by atomic mass is 16.5. The molecule has 0 bridgehead atoms. The predicted octanol–water partition coefficient (Wildman–Crippen LogP) is 0.298. The summed E-state index contributed by atoms with van der Waals surface area (Å²) in [6.45, 7) is 6.34. The Morgan fingerprint density at radius 3 is 2.82 bits per heavy atom. The van der Waals surface area contributed by atoms with E-state index in [2.05, 4.69) is 10.6 Å². The second kappa shape index (κ2) is 9.39. The normalized spacial score (nSPS) is 17.0. The van der Waals surface area contributed by atoms with Crippen LogP contribution >= 0.6 is 0 Å². The number of carbonyl (C=O) groups excluding carboxylic acids is 1. The Hall–Kier alpha value is -0.650. The van der Waals surface area contributed by atoms with Crippen molar-refractivity contribution >= 4 is 5.91 Å². The zero-order valence-corrected chi connectivity index (χ0v) is 10.7. The second-order valence-electron chi connectivity index (χ2n) is 4.12. The number of piperidine rings is 1. The minimum absolute atomic E-state index is 0.0346. The van der Waals surface area contributed by atoms with Crippen molar-refractivity contribution in [3.8, 4) is 0 Å². The Labute approximate surface area is 103 Å². The van der Waals surface area contributed by atoms with Gasteiger partial charge in [0.05, 0.1) is 19.3 Å². The first kappa shape index (κ1) is 14.4. The summed E-state index contributed by atoms with van der Waals surface area (Å²) in [6.07, 6.45) is 2.93. The molecule has 1 saturated heterocycles. The molecule has 5 heteroatoms. The molecule has 0 radical (unpaired) electrons. The number of rotatable bonds is 8. The zero-order chi connectivity index (χ0) is 12.3. The third-order valence-corrected chi connectivity index (χ3v) is 2.74. The van der Waals surface area contributed by atoms with E-state index in [1.54, 1.807) is 0 Å². The van der Waals surface area contributed by atoms with E-state index in [1.807, 2.05) is 6.92 Å². The van der Waals surface area contributed by atoms with Crippen molar-refractivity contribution in [1.82, 2.24) is 10.6 Å². The molecule has 1 aliphatic rings. The fourth-order valence-electron chi connectivity index (χ4n) is 1.78. The topological polar surface area (TPSA) is 59.6 Å². The van der Waals surface area contributed by atoms with Crippen molar-refractivity contribution < 1.29 is 14.3 Å². The number of nitrogens with one attached hydrogen (secondary N) is 2. The maximum atomic E-state index is 11.3. The van der Waals surface area contributed by atoms with Gasteiger partial charge in [-0.05, 0) is 32.9 Å². The minimum Gasteiger partial charge on any atom is -0.381 e. The molecule has 0 aromatic heterocycles. The first-order valence-electron chi connectivity index (χ1n) is 6.49. The van der Waals surface area contributed by atoms with Gasteiger partial charge in [-0.2, -0.15) is 0 Å². The summed E-state index contributed by atoms with van der Waals surface area (Å²) in [6, 6.07) is 0. The molecule has 1 aliphatic heterocycles. The van der Waals surface area contributed by atoms with Crippen molar-refractivity contribution in [2.75, 3.05) is 39.5 Å². The quantitative estimate of drug-likeness (QED) is 0.603. The van der Waals surface area contributed by atoms with Crippen molar-refractivity contribution in [1.29, 1.82) is 0 Å². The minimum atomic E-state index is 0.0346. The second-order valence-corrected chi connectivity index (χ2v) is 4.12. The molecule has 5 nitrogen and oxygen atoms in total. The van der Waals surface area contributed by atoms with Crippen LogP contribution in [-0.2, 0) is 14.3 Å². The molecule has 0 saturated carbocycles. The average molecular weight is 244 g/mol. The Morgan fingerprint density at radius 1 is 1.35 bits per heavy atom. The van der Waals surface area contributed by atoms with Crippen molar-refractivity contribution in [2.45, 2.75) is 32.3 Å². The summed E-state index contributed by atoms with van der Waals surface area (Å²) in [5, 5.41) is 6.11. The molecule has 0 aliphatic carbocycles. The number of amides is 1. The number of hydrogen-bond donors (Lipinski definition) is 2. The Bertz CT molecular complexity index is 206. The number of carbonyl (C=O) groups is 1. The van der Waals surface area contributed by atoms with E-state index < -0.39 is 0 Å². The van der Waals surface area contributed by atoms with Crippen LogP contribution in [0.3, 0.4) is 0 Å². The first-order valence-corrected chi connectivity index (χ1v) is 6.49. The van der Waals surface area contributed by atoms with Crippen LogP contribution in [0.4, 0.5) is 0 Å². The van der Waals surface area contributed by atoms with Crippen LogP contribution in [0.2, 0.25) is 0 Å². The number of hydrogen-bond acceptors (Lipinski definition) is 4. The van der Waals surface area contributed by atoms with Crippen LogP contribution in [0.1, 0.15) is 26.2 Å². The lowest BCUT2D eigenvalue weighted by Gasteiger charge is -2.22. The van der Waals surface area contributed by atoms with Gasteiger partial charge >= 0.3 is 0 Å². The molecule has 1 amide bonds. The third-order valence-electron chi connectivity index (χ3n) is 2.74. The van der Waals surface area contributed by atoms with E-state index in [1.165, 1.54) is 0 Å². The zero-order valence-electron chi connectivity index (χ0n) is 10.7. The third kappa shape index (κ3) is 7.31. The molecular weight excluding hydrogens is 220 g/mol. The van der Waals surface area contributed by atoms with Crippen LogP contribution in [0, 0.1) is 0 Å². The van der Waals surface area contributed by atoms with E-state index in [9.17, 15) is 4.79 Å². The molecule has 2 N–H and O–H groups in total. The monoisotopic (exact) mass is 244 g/mol. The highest BCUT2D eigenvalue weighted by Crippen LogP contribution is 2.06. The van der Waals surface area contributed by atoms with E-state index in [0.717, 1.165) is 25.9 Å². The van der Waals surface area contributed by atoms with E-state index in [-0.39, 0.29) is 5.91 Å². The van der Waals surface area contributed by atoms with Gasteiger partial charge in [0, 0.05) is 19.6 Å². The molecule has 0 atom stereocenters. The highest BCUT2D eigenvalue weighted by molar-refractivity contribution is 5.75. The lowest BCUT2D eigenvalue weighted by molar-refractivity contribution is -0.122. The summed E-state index contributed by atoms with van der Waals surface area (Å²) in [7, 11) is 0. The van der Waals surface area contributed by atoms with Crippen molar-refractivity contribution in [3.63, 3.8) is 0 Å². The maximum absolute atomic E-state index is 11.3. The Kier molecular flexibility index (Phi) is 7.96. The van der Waals surface area contributed by atoms with Crippen LogP contribution in [0.5, 0.6) is 0 Å². The van der Waals surface area contributed by atoms with Crippen molar-refractivity contribution in [3.05, 3.63) is 0 Å². The summed E-state index contributed by atoms with van der Waals surface area (Å²) >= 11 is 0. The lowest BCUT2D eigenvalue weighted by atomic mass is 10.1. The highest BCUT2D eigenvalue weighted by Gasteiger charge is 2.12. The molecule has 100 valence electrons. The predicted molar refractivity (Wildman–Crippen MR) is 66.0 cm³/mol. The molecule has 0 spiro atoms.